The summed E-state index contributed by atoms with van der Waals surface area (Å²) < 4.78 is 2.24. The van der Waals surface area contributed by atoms with Crippen molar-refractivity contribution in [1.82, 2.24) is 9.55 Å². The Balaban J connectivity index is 2.43. The number of nitrogens with zero attached hydrogens (tertiary/aromatic N) is 1. The van der Waals surface area contributed by atoms with E-state index in [-0.39, 0.29) is 22.8 Å². The number of aromatic nitrogens is 2. The molecule has 1 fully saturated rings. The summed E-state index contributed by atoms with van der Waals surface area (Å²) in [7, 11) is 0. The molecule has 0 spiro atoms. The number of H-pyrrole nitrogens is 1. The second-order valence-electron chi connectivity index (χ2n) is 6.07. The van der Waals surface area contributed by atoms with Crippen molar-refractivity contribution in [3.05, 3.63) is 27.0 Å². The second kappa shape index (κ2) is 5.86. The molecule has 2 heterocycles. The topological polar surface area (TPSA) is 95.3 Å². The minimum atomic E-state index is -2.61. The van der Waals surface area contributed by atoms with Crippen molar-refractivity contribution in [3.8, 4) is 0 Å². The first-order valence-electron chi connectivity index (χ1n) is 6.54. The number of aliphatic hydroxyl groups is 2. The Labute approximate surface area is 125 Å². The van der Waals surface area contributed by atoms with E-state index in [4.69, 9.17) is 0 Å². The van der Waals surface area contributed by atoms with Crippen LogP contribution < -0.4 is 14.8 Å². The van der Waals surface area contributed by atoms with Crippen LogP contribution in [0.3, 0.4) is 0 Å². The van der Waals surface area contributed by atoms with Crippen molar-refractivity contribution in [2.24, 2.45) is 0 Å². The van der Waals surface area contributed by atoms with Gasteiger partial charge in [-0.2, -0.15) is 0 Å². The Kier molecular flexibility index (Phi) is 4.72. The van der Waals surface area contributed by atoms with Crippen LogP contribution in [0, 0.1) is 0 Å². The number of nitrogens with one attached hydrogen (secondary N) is 1. The number of hydrogen-bond donors (Lipinski definition) is 3. The summed E-state index contributed by atoms with van der Waals surface area (Å²) in [6.45, 7) is -0.119. The molecule has 0 saturated carbocycles. The molecule has 20 heavy (non-hydrogen) atoms. The van der Waals surface area contributed by atoms with Gasteiger partial charge < -0.3 is 0 Å². The quantitative estimate of drug-likeness (QED) is 0.585. The Morgan fingerprint density at radius 2 is 2.10 bits per heavy atom. The number of rotatable bonds is 3. The van der Waals surface area contributed by atoms with Gasteiger partial charge in [0.15, 0.2) is 0 Å². The number of aromatic amines is 1. The molecule has 1 saturated heterocycles. The van der Waals surface area contributed by atoms with Crippen LogP contribution in [0.2, 0.25) is 14.8 Å². The average molecular weight is 407 g/mol. The maximum absolute atomic E-state index is 12.0. The van der Waals surface area contributed by atoms with E-state index in [2.05, 4.69) is 19.8 Å². The van der Waals surface area contributed by atoms with Crippen molar-refractivity contribution in [1.29, 1.82) is 0 Å². The third-order valence-corrected chi connectivity index (χ3v) is 10.6. The molecule has 0 unspecified atom stereocenters. The zero-order chi connectivity index (χ0) is 15.1. The molecular formula is C12H20N2O4SSn. The normalized spacial score (nSPS) is 26.9. The van der Waals surface area contributed by atoms with Gasteiger partial charge in [-0.15, -0.1) is 0 Å². The molecule has 3 N–H and O–H groups in total. The molecule has 3 atom stereocenters. The van der Waals surface area contributed by atoms with Crippen molar-refractivity contribution < 1.29 is 10.2 Å². The van der Waals surface area contributed by atoms with Gasteiger partial charge in [-0.3, -0.25) is 0 Å². The molecule has 0 bridgehead atoms. The van der Waals surface area contributed by atoms with Crippen LogP contribution >= 0.6 is 11.8 Å². The van der Waals surface area contributed by atoms with E-state index in [0.717, 1.165) is 3.58 Å². The molecule has 1 aromatic rings. The summed E-state index contributed by atoms with van der Waals surface area (Å²) in [5.74, 6) is 0. The van der Waals surface area contributed by atoms with Gasteiger partial charge >= 0.3 is 125 Å². The van der Waals surface area contributed by atoms with Gasteiger partial charge in [-0.1, -0.05) is 0 Å². The first-order valence-corrected chi connectivity index (χ1v) is 17.5. The van der Waals surface area contributed by atoms with E-state index in [1.165, 1.54) is 16.3 Å². The van der Waals surface area contributed by atoms with Crippen LogP contribution in [-0.2, 0) is 0 Å². The van der Waals surface area contributed by atoms with Crippen LogP contribution in [0.4, 0.5) is 0 Å². The molecule has 1 aromatic heterocycles. The molecule has 0 amide bonds. The van der Waals surface area contributed by atoms with Gasteiger partial charge in [0, 0.05) is 0 Å². The number of hydrogen-bond acceptors (Lipinski definition) is 5. The van der Waals surface area contributed by atoms with Crippen molar-refractivity contribution in [2.45, 2.75) is 38.0 Å². The van der Waals surface area contributed by atoms with Gasteiger partial charge in [0.05, 0.1) is 0 Å². The molecule has 0 radical (unpaired) electrons. The zero-order valence-corrected chi connectivity index (χ0v) is 15.5. The summed E-state index contributed by atoms with van der Waals surface area (Å²) in [6, 6.07) is 0. The molecule has 0 aromatic carbocycles. The van der Waals surface area contributed by atoms with Gasteiger partial charge in [0.2, 0.25) is 0 Å². The number of aliphatic hydroxyl groups excluding tert-OH is 2. The molecule has 1 aliphatic heterocycles. The van der Waals surface area contributed by atoms with Crippen LogP contribution in [0.5, 0.6) is 0 Å². The van der Waals surface area contributed by atoms with Crippen LogP contribution in [0.25, 0.3) is 0 Å². The Bertz CT molecular complexity index is 607. The minimum absolute atomic E-state index is 0.119. The fourth-order valence-electron chi connectivity index (χ4n) is 2.28. The summed E-state index contributed by atoms with van der Waals surface area (Å²) >= 11 is -1.23. The molecule has 6 nitrogen and oxygen atoms in total. The fourth-order valence-corrected chi connectivity index (χ4v) is 7.29. The first kappa shape index (κ1) is 16.1. The molecule has 0 aliphatic carbocycles. The van der Waals surface area contributed by atoms with E-state index >= 15 is 0 Å². The zero-order valence-electron chi connectivity index (χ0n) is 11.8. The van der Waals surface area contributed by atoms with Gasteiger partial charge in [-0.05, 0) is 0 Å². The van der Waals surface area contributed by atoms with Gasteiger partial charge in [0.1, 0.15) is 0 Å². The second-order valence-corrected chi connectivity index (χ2v) is 21.9. The van der Waals surface area contributed by atoms with Crippen molar-refractivity contribution in [3.63, 3.8) is 0 Å². The van der Waals surface area contributed by atoms with Crippen LogP contribution in [0.15, 0.2) is 15.8 Å². The van der Waals surface area contributed by atoms with Crippen molar-refractivity contribution >= 4 is 33.7 Å². The third kappa shape index (κ3) is 3.15. The molecule has 1 aliphatic rings. The van der Waals surface area contributed by atoms with E-state index in [1.807, 2.05) is 0 Å². The average Bonchev–Trinajstić information content (AvgIpc) is 2.68. The summed E-state index contributed by atoms with van der Waals surface area (Å²) in [4.78, 5) is 32.6. The number of thioether (sulfide) groups is 1. The Morgan fingerprint density at radius 3 is 2.60 bits per heavy atom. The van der Waals surface area contributed by atoms with E-state index in [1.54, 1.807) is 6.20 Å². The van der Waals surface area contributed by atoms with E-state index in [9.17, 15) is 19.8 Å². The Morgan fingerprint density at radius 1 is 1.45 bits per heavy atom. The van der Waals surface area contributed by atoms with E-state index < -0.39 is 30.2 Å². The molecule has 8 heteroatoms. The fraction of sp³-hybridized carbons (Fsp3) is 0.667. The standard InChI is InChI=1S/C9H11N2O4S.3CH3.Sn/c12-4-6-5(13)3-8(16-6)11-2-1-7(14)10-9(11)15;;;;/h2,5-6,8,12-13H,3-4H2,(H,10,14,15);3*1H3;/t5-,6+,8+;;;;/m0..../s1. The summed E-state index contributed by atoms with van der Waals surface area (Å²) in [5, 5.41) is 18.5. The predicted octanol–water partition coefficient (Wildman–Crippen LogP) is -0.561. The molecule has 2 rings (SSSR count). The predicted molar refractivity (Wildman–Crippen MR) is 82.4 cm³/mol. The summed E-state index contributed by atoms with van der Waals surface area (Å²) in [6.07, 6.45) is 1.44. The molecule has 112 valence electrons. The van der Waals surface area contributed by atoms with Crippen LogP contribution in [0.1, 0.15) is 11.8 Å². The monoisotopic (exact) mass is 408 g/mol. The SMILES string of the molecule is [CH3][Sn]([CH3])([CH3])[c]1cn([C@H]2C[C@H](O)[C@@H](CO)S2)c(=O)[nH]c1=O. The summed E-state index contributed by atoms with van der Waals surface area (Å²) in [5.41, 5.74) is -0.727. The van der Waals surface area contributed by atoms with E-state index in [0.29, 0.717) is 6.42 Å². The third-order valence-electron chi connectivity index (χ3n) is 3.47. The van der Waals surface area contributed by atoms with Gasteiger partial charge in [0.25, 0.3) is 0 Å². The first-order chi connectivity index (χ1) is 9.24. The van der Waals surface area contributed by atoms with Crippen LogP contribution in [-0.4, -0.2) is 56.1 Å². The maximum atomic E-state index is 12.0. The van der Waals surface area contributed by atoms with Gasteiger partial charge in [-0.25, -0.2) is 0 Å². The molecular weight excluding hydrogens is 387 g/mol. The van der Waals surface area contributed by atoms with Crippen molar-refractivity contribution in [2.75, 3.05) is 6.61 Å². The Hall–Kier alpha value is -0.251.